The molecule has 1 aliphatic rings. The summed E-state index contributed by atoms with van der Waals surface area (Å²) in [6, 6.07) is 7.63. The van der Waals surface area contributed by atoms with Crippen LogP contribution in [-0.2, 0) is 4.79 Å². The smallest absolute Gasteiger partial charge is 0.224 e. The normalized spacial score (nSPS) is 13.3. The Kier molecular flexibility index (Phi) is 6.61. The van der Waals surface area contributed by atoms with Crippen LogP contribution in [0.4, 0.5) is 15.9 Å². The van der Waals surface area contributed by atoms with Gasteiger partial charge in [-0.1, -0.05) is 20.8 Å². The van der Waals surface area contributed by atoms with E-state index in [1.807, 2.05) is 52.9 Å². The number of nitrogens with one attached hydrogen (secondary N) is 2. The molecular weight excluding hydrogens is 539 g/mol. The number of aromatic amines is 1. The minimum atomic E-state index is -0.493. The zero-order valence-corrected chi connectivity index (χ0v) is 24.2. The van der Waals surface area contributed by atoms with E-state index >= 15 is 4.39 Å². The van der Waals surface area contributed by atoms with Gasteiger partial charge in [-0.2, -0.15) is 0 Å². The summed E-state index contributed by atoms with van der Waals surface area (Å²) in [7, 11) is 1.82. The Bertz CT molecular complexity index is 1830. The van der Waals surface area contributed by atoms with Crippen LogP contribution in [0, 0.1) is 18.2 Å². The van der Waals surface area contributed by atoms with E-state index in [1.165, 1.54) is 11.1 Å². The van der Waals surface area contributed by atoms with Crippen molar-refractivity contribution in [2.45, 2.75) is 34.1 Å². The van der Waals surface area contributed by atoms with Gasteiger partial charge in [-0.25, -0.2) is 14.4 Å². The molecule has 0 bridgehead atoms. The maximum atomic E-state index is 16.5. The van der Waals surface area contributed by atoms with Crippen molar-refractivity contribution >= 4 is 45.5 Å². The predicted molar refractivity (Wildman–Crippen MR) is 161 cm³/mol. The number of halogens is 1. The molecule has 9 nitrogen and oxygen atoms in total. The number of H-pyrrole nitrogens is 1. The van der Waals surface area contributed by atoms with Gasteiger partial charge in [-0.3, -0.25) is 19.8 Å². The van der Waals surface area contributed by atoms with E-state index in [0.717, 1.165) is 16.1 Å². The third-order valence-electron chi connectivity index (χ3n) is 6.66. The molecule has 0 saturated carbocycles. The number of hydrogen-bond donors (Lipinski definition) is 2. The number of amides is 1. The molecule has 1 aliphatic heterocycles. The third-order valence-corrected chi connectivity index (χ3v) is 7.67. The highest BCUT2D eigenvalue weighted by Crippen LogP contribution is 2.35. The van der Waals surface area contributed by atoms with Gasteiger partial charge >= 0.3 is 0 Å². The monoisotopic (exact) mass is 568 g/mol. The number of pyridine rings is 3. The van der Waals surface area contributed by atoms with Gasteiger partial charge in [-0.15, -0.1) is 11.3 Å². The molecule has 0 unspecified atom stereocenters. The van der Waals surface area contributed by atoms with E-state index in [-0.39, 0.29) is 22.4 Å². The SMILES string of the molecule is Cc1ccc(-c2nccc3[nH]c(C4=NCN(C)c5ncc(-c6cncc(NC(=O)CC(C)(C)C)c6)c(F)c54)nc23)s1. The van der Waals surface area contributed by atoms with Crippen molar-refractivity contribution in [1.29, 1.82) is 0 Å². The Morgan fingerprint density at radius 3 is 2.76 bits per heavy atom. The number of imidazole rings is 1. The molecule has 5 aromatic rings. The van der Waals surface area contributed by atoms with E-state index in [1.54, 1.807) is 40.9 Å². The lowest BCUT2D eigenvalue weighted by atomic mass is 9.92. The van der Waals surface area contributed by atoms with Crippen molar-refractivity contribution in [2.24, 2.45) is 10.4 Å². The molecule has 0 fully saturated rings. The van der Waals surface area contributed by atoms with Gasteiger partial charge in [0.25, 0.3) is 0 Å². The summed E-state index contributed by atoms with van der Waals surface area (Å²) in [4.78, 5) is 42.8. The van der Waals surface area contributed by atoms with E-state index < -0.39 is 5.82 Å². The van der Waals surface area contributed by atoms with Gasteiger partial charge in [-0.05, 0) is 36.6 Å². The molecule has 6 heterocycles. The quantitative estimate of drug-likeness (QED) is 0.261. The Hall–Kier alpha value is -4.51. The van der Waals surface area contributed by atoms with E-state index in [0.29, 0.717) is 47.2 Å². The first kappa shape index (κ1) is 26.7. The van der Waals surface area contributed by atoms with Crippen LogP contribution < -0.4 is 10.2 Å². The zero-order chi connectivity index (χ0) is 28.9. The van der Waals surface area contributed by atoms with Gasteiger partial charge < -0.3 is 15.2 Å². The number of carbonyl (C=O) groups excluding carboxylic acids is 1. The first-order valence-electron chi connectivity index (χ1n) is 13.2. The number of rotatable bonds is 5. The second-order valence-corrected chi connectivity index (χ2v) is 12.6. The largest absolute Gasteiger partial charge is 0.340 e. The molecule has 11 heteroatoms. The molecule has 1 amide bonds. The fraction of sp³-hybridized carbons (Fsp3) is 0.267. The number of anilines is 2. The summed E-state index contributed by atoms with van der Waals surface area (Å²) in [5.41, 5.74) is 3.94. The topological polar surface area (TPSA) is 112 Å². The number of hydrogen-bond acceptors (Lipinski definition) is 8. The molecule has 0 atom stereocenters. The number of aryl methyl sites for hydroxylation is 1. The van der Waals surface area contributed by atoms with Crippen LogP contribution in [0.25, 0.3) is 32.7 Å². The van der Waals surface area contributed by atoms with E-state index in [9.17, 15) is 4.79 Å². The second kappa shape index (κ2) is 10.2. The van der Waals surface area contributed by atoms with Crippen molar-refractivity contribution in [3.05, 3.63) is 71.1 Å². The molecule has 41 heavy (non-hydrogen) atoms. The molecule has 0 aromatic carbocycles. The first-order valence-corrected chi connectivity index (χ1v) is 14.0. The summed E-state index contributed by atoms with van der Waals surface area (Å²) < 4.78 is 16.5. The molecule has 0 saturated heterocycles. The lowest BCUT2D eigenvalue weighted by molar-refractivity contribution is -0.117. The standard InChI is InChI=1S/C30H29FN8OS/c1-16-6-7-21(41-16)26-25-20(8-9-33-26)37-28(38-25)27-23-24(31)19(14-34-29(23)39(5)15-35-27)17-10-18(13-32-12-17)36-22(40)11-30(2,3)4/h6-10,12-14H,11,15H2,1-5H3,(H,36,40)(H,37,38). The minimum Gasteiger partial charge on any atom is -0.340 e. The number of fused-ring (bicyclic) bond motifs is 2. The molecule has 5 aromatic heterocycles. The van der Waals surface area contributed by atoms with Crippen LogP contribution in [-0.4, -0.2) is 50.3 Å². The molecule has 2 N–H and O–H groups in total. The molecule has 6 rings (SSSR count). The lowest BCUT2D eigenvalue weighted by Crippen LogP contribution is -2.29. The van der Waals surface area contributed by atoms with Crippen LogP contribution >= 0.6 is 11.3 Å². The van der Waals surface area contributed by atoms with Gasteiger partial charge in [0.2, 0.25) is 5.91 Å². The Morgan fingerprint density at radius 1 is 1.17 bits per heavy atom. The van der Waals surface area contributed by atoms with Crippen LogP contribution in [0.5, 0.6) is 0 Å². The lowest BCUT2D eigenvalue weighted by Gasteiger charge is -2.25. The fourth-order valence-corrected chi connectivity index (χ4v) is 5.69. The van der Waals surface area contributed by atoms with Gasteiger partial charge in [0.1, 0.15) is 35.2 Å². The van der Waals surface area contributed by atoms with Crippen molar-refractivity contribution in [1.82, 2.24) is 24.9 Å². The van der Waals surface area contributed by atoms with Crippen LogP contribution in [0.1, 0.15) is 43.5 Å². The Labute approximate surface area is 240 Å². The Balaban J connectivity index is 1.41. The number of carbonyl (C=O) groups is 1. The first-order chi connectivity index (χ1) is 19.6. The Morgan fingerprint density at radius 2 is 2.00 bits per heavy atom. The van der Waals surface area contributed by atoms with Crippen molar-refractivity contribution in [2.75, 3.05) is 23.9 Å². The molecule has 0 radical (unpaired) electrons. The highest BCUT2D eigenvalue weighted by Gasteiger charge is 2.29. The average molecular weight is 569 g/mol. The molecule has 208 valence electrons. The van der Waals surface area contributed by atoms with Gasteiger partial charge in [0.15, 0.2) is 5.82 Å². The van der Waals surface area contributed by atoms with Crippen LogP contribution in [0.3, 0.4) is 0 Å². The summed E-state index contributed by atoms with van der Waals surface area (Å²) >= 11 is 1.64. The summed E-state index contributed by atoms with van der Waals surface area (Å²) in [5.74, 6) is 0.281. The van der Waals surface area contributed by atoms with Crippen LogP contribution in [0.2, 0.25) is 0 Å². The van der Waals surface area contributed by atoms with Crippen LogP contribution in [0.15, 0.2) is 54.0 Å². The number of nitrogens with zero attached hydrogens (tertiary/aromatic N) is 6. The summed E-state index contributed by atoms with van der Waals surface area (Å²) in [6.07, 6.45) is 6.67. The number of thiophene rings is 1. The zero-order valence-electron chi connectivity index (χ0n) is 23.4. The van der Waals surface area contributed by atoms with Crippen molar-refractivity contribution in [3.8, 4) is 21.7 Å². The molecule has 0 spiro atoms. The summed E-state index contributed by atoms with van der Waals surface area (Å²) in [6.45, 7) is 8.33. The number of aliphatic imine (C=N–C) groups is 1. The van der Waals surface area contributed by atoms with Gasteiger partial charge in [0.05, 0.1) is 27.8 Å². The highest BCUT2D eigenvalue weighted by molar-refractivity contribution is 7.15. The third kappa shape index (κ3) is 5.20. The van der Waals surface area contributed by atoms with Crippen molar-refractivity contribution < 1.29 is 9.18 Å². The molecule has 0 aliphatic carbocycles. The maximum Gasteiger partial charge on any atom is 0.224 e. The highest BCUT2D eigenvalue weighted by atomic mass is 32.1. The average Bonchev–Trinajstić information content (AvgIpc) is 3.54. The summed E-state index contributed by atoms with van der Waals surface area (Å²) in [5, 5.41) is 2.87. The predicted octanol–water partition coefficient (Wildman–Crippen LogP) is 6.21. The van der Waals surface area contributed by atoms with E-state index in [2.05, 4.69) is 30.2 Å². The second-order valence-electron chi connectivity index (χ2n) is 11.3. The fourth-order valence-electron chi connectivity index (χ4n) is 4.83. The van der Waals surface area contributed by atoms with Crippen molar-refractivity contribution in [3.63, 3.8) is 0 Å². The maximum absolute atomic E-state index is 16.5. The van der Waals surface area contributed by atoms with E-state index in [4.69, 9.17) is 4.98 Å². The minimum absolute atomic E-state index is 0.131. The number of aromatic nitrogens is 5. The molecular formula is C30H29FN8OS. The van der Waals surface area contributed by atoms with Gasteiger partial charge in [0, 0.05) is 48.1 Å².